The van der Waals surface area contributed by atoms with E-state index in [1.165, 1.54) is 11.3 Å². The number of benzene rings is 1. The second-order valence-corrected chi connectivity index (χ2v) is 7.22. The van der Waals surface area contributed by atoms with E-state index in [-0.39, 0.29) is 25.4 Å². The van der Waals surface area contributed by atoms with Crippen molar-refractivity contribution in [3.8, 4) is 0 Å². The number of anilines is 2. The van der Waals surface area contributed by atoms with E-state index in [9.17, 15) is 14.4 Å². The molecule has 2 amide bonds. The highest BCUT2D eigenvalue weighted by atomic mass is 32.1. The molecule has 0 atom stereocenters. The molecule has 0 bridgehead atoms. The number of nitrogens with one attached hydrogen (secondary N) is 2. The van der Waals surface area contributed by atoms with Gasteiger partial charge in [-0.1, -0.05) is 17.4 Å². The number of nitrogens with zero attached hydrogens (tertiary/aromatic N) is 2. The molecule has 0 fully saturated rings. The fourth-order valence-corrected chi connectivity index (χ4v) is 2.76. The zero-order chi connectivity index (χ0) is 19.8. The van der Waals surface area contributed by atoms with Gasteiger partial charge in [-0.05, 0) is 50.5 Å². The van der Waals surface area contributed by atoms with Gasteiger partial charge in [-0.25, -0.2) is 0 Å². The minimum absolute atomic E-state index is 0.0550. The van der Waals surface area contributed by atoms with Gasteiger partial charge in [0.25, 0.3) is 5.91 Å². The van der Waals surface area contributed by atoms with Gasteiger partial charge >= 0.3 is 5.97 Å². The van der Waals surface area contributed by atoms with Crippen LogP contribution in [0.1, 0.15) is 35.4 Å². The van der Waals surface area contributed by atoms with Gasteiger partial charge in [0.05, 0.1) is 0 Å². The second-order valence-electron chi connectivity index (χ2n) is 6.04. The molecule has 0 radical (unpaired) electrons. The number of hydrogen-bond acceptors (Lipinski definition) is 7. The number of esters is 1. The molecule has 0 unspecified atom stereocenters. The number of amides is 2. The van der Waals surface area contributed by atoms with Crippen LogP contribution in [-0.4, -0.2) is 34.6 Å². The predicted octanol–water partition coefficient (Wildman–Crippen LogP) is 2.75. The Hall–Kier alpha value is -2.81. The van der Waals surface area contributed by atoms with E-state index in [1.807, 2.05) is 26.0 Å². The summed E-state index contributed by atoms with van der Waals surface area (Å²) in [5.74, 6) is -1.17. The van der Waals surface area contributed by atoms with E-state index in [4.69, 9.17) is 4.74 Å². The van der Waals surface area contributed by atoms with Gasteiger partial charge in [-0.2, -0.15) is 0 Å². The van der Waals surface area contributed by atoms with Crippen molar-refractivity contribution in [1.82, 2.24) is 10.2 Å². The maximum atomic E-state index is 11.8. The number of ether oxygens (including phenoxy) is 1. The van der Waals surface area contributed by atoms with Crippen LogP contribution in [0.5, 0.6) is 0 Å². The van der Waals surface area contributed by atoms with Gasteiger partial charge in [0.2, 0.25) is 11.0 Å². The van der Waals surface area contributed by atoms with Crippen LogP contribution in [0.3, 0.4) is 0 Å². The summed E-state index contributed by atoms with van der Waals surface area (Å²) < 4.78 is 4.93. The summed E-state index contributed by atoms with van der Waals surface area (Å²) in [6.07, 6.45) is 0.531. The quantitative estimate of drug-likeness (QED) is 0.671. The SMILES string of the molecule is Cc1nnc(NC(=O)CCCC(=O)OCC(=O)Nc2ccc(C)c(C)c2)s1. The van der Waals surface area contributed by atoms with E-state index in [1.54, 1.807) is 13.0 Å². The summed E-state index contributed by atoms with van der Waals surface area (Å²) in [6.45, 7) is 5.37. The Morgan fingerprint density at radius 1 is 1.00 bits per heavy atom. The third-order valence-electron chi connectivity index (χ3n) is 3.71. The van der Waals surface area contributed by atoms with Crippen LogP contribution < -0.4 is 10.6 Å². The number of carbonyl (C=O) groups excluding carboxylic acids is 3. The van der Waals surface area contributed by atoms with Crippen molar-refractivity contribution in [3.63, 3.8) is 0 Å². The van der Waals surface area contributed by atoms with Crippen molar-refractivity contribution in [2.45, 2.75) is 40.0 Å². The smallest absolute Gasteiger partial charge is 0.306 e. The highest BCUT2D eigenvalue weighted by Gasteiger charge is 2.11. The van der Waals surface area contributed by atoms with Gasteiger partial charge < -0.3 is 15.4 Å². The van der Waals surface area contributed by atoms with Crippen LogP contribution in [0.25, 0.3) is 0 Å². The molecule has 1 aromatic carbocycles. The monoisotopic (exact) mass is 390 g/mol. The zero-order valence-corrected chi connectivity index (χ0v) is 16.3. The maximum Gasteiger partial charge on any atom is 0.306 e. The first kappa shape index (κ1) is 20.5. The number of aromatic nitrogens is 2. The molecule has 0 aliphatic carbocycles. The fourth-order valence-electron chi connectivity index (χ4n) is 2.16. The normalized spacial score (nSPS) is 10.3. The van der Waals surface area contributed by atoms with Crippen LogP contribution in [0.4, 0.5) is 10.8 Å². The van der Waals surface area contributed by atoms with E-state index in [0.717, 1.165) is 16.1 Å². The lowest BCUT2D eigenvalue weighted by atomic mass is 10.1. The summed E-state index contributed by atoms with van der Waals surface area (Å²) in [5.41, 5.74) is 2.85. The van der Waals surface area contributed by atoms with Crippen molar-refractivity contribution < 1.29 is 19.1 Å². The number of hydrogen-bond donors (Lipinski definition) is 2. The highest BCUT2D eigenvalue weighted by molar-refractivity contribution is 7.15. The molecular formula is C18H22N4O4S. The molecule has 0 saturated heterocycles. The minimum Gasteiger partial charge on any atom is -0.456 e. The van der Waals surface area contributed by atoms with E-state index in [0.29, 0.717) is 17.2 Å². The van der Waals surface area contributed by atoms with Gasteiger partial charge in [-0.3, -0.25) is 14.4 Å². The average molecular weight is 390 g/mol. The number of rotatable bonds is 8. The molecule has 1 aromatic heterocycles. The Balaban J connectivity index is 1.63. The number of carbonyl (C=O) groups is 3. The van der Waals surface area contributed by atoms with Crippen LogP contribution in [0.15, 0.2) is 18.2 Å². The molecule has 2 aromatic rings. The molecule has 2 rings (SSSR count). The lowest BCUT2D eigenvalue weighted by Gasteiger charge is -2.08. The zero-order valence-electron chi connectivity index (χ0n) is 15.5. The summed E-state index contributed by atoms with van der Waals surface area (Å²) in [5, 5.41) is 14.1. The molecule has 1 heterocycles. The predicted molar refractivity (Wildman–Crippen MR) is 103 cm³/mol. The molecule has 0 aliphatic heterocycles. The van der Waals surface area contributed by atoms with Crippen LogP contribution in [0.2, 0.25) is 0 Å². The Kier molecular flexibility index (Phi) is 7.42. The number of aryl methyl sites for hydroxylation is 3. The standard InChI is InChI=1S/C18H22N4O4S/c1-11-7-8-14(9-12(11)2)19-16(24)10-26-17(25)6-4-5-15(23)20-18-22-21-13(3)27-18/h7-9H,4-6,10H2,1-3H3,(H,19,24)(H,20,22,23). The molecule has 0 aliphatic rings. The van der Waals surface area contributed by atoms with Gasteiger partial charge in [0, 0.05) is 18.5 Å². The second kappa shape index (κ2) is 9.77. The third kappa shape index (κ3) is 7.14. The molecule has 9 heteroatoms. The van der Waals surface area contributed by atoms with Crippen molar-refractivity contribution in [1.29, 1.82) is 0 Å². The average Bonchev–Trinajstić information content (AvgIpc) is 3.01. The third-order valence-corrected chi connectivity index (χ3v) is 4.47. The van der Waals surface area contributed by atoms with Gasteiger partial charge in [-0.15, -0.1) is 10.2 Å². The molecule has 27 heavy (non-hydrogen) atoms. The maximum absolute atomic E-state index is 11.8. The van der Waals surface area contributed by atoms with E-state index < -0.39 is 11.9 Å². The first-order valence-electron chi connectivity index (χ1n) is 8.46. The van der Waals surface area contributed by atoms with Crippen LogP contribution in [-0.2, 0) is 19.1 Å². The van der Waals surface area contributed by atoms with Crippen molar-refractivity contribution in [2.75, 3.05) is 17.2 Å². The van der Waals surface area contributed by atoms with E-state index >= 15 is 0 Å². The Morgan fingerprint density at radius 3 is 2.44 bits per heavy atom. The van der Waals surface area contributed by atoms with Crippen molar-refractivity contribution >= 4 is 39.9 Å². The summed E-state index contributed by atoms with van der Waals surface area (Å²) in [4.78, 5) is 35.3. The van der Waals surface area contributed by atoms with Crippen molar-refractivity contribution in [3.05, 3.63) is 34.3 Å². The Bertz CT molecular complexity index is 835. The first-order chi connectivity index (χ1) is 12.8. The van der Waals surface area contributed by atoms with E-state index in [2.05, 4.69) is 20.8 Å². The lowest BCUT2D eigenvalue weighted by Crippen LogP contribution is -2.21. The topological polar surface area (TPSA) is 110 Å². The first-order valence-corrected chi connectivity index (χ1v) is 9.28. The van der Waals surface area contributed by atoms with Crippen LogP contribution >= 0.6 is 11.3 Å². The molecule has 8 nitrogen and oxygen atoms in total. The summed E-state index contributed by atoms with van der Waals surface area (Å²) in [7, 11) is 0. The molecular weight excluding hydrogens is 368 g/mol. The summed E-state index contributed by atoms with van der Waals surface area (Å²) in [6, 6.07) is 5.55. The van der Waals surface area contributed by atoms with Crippen molar-refractivity contribution in [2.24, 2.45) is 0 Å². The minimum atomic E-state index is -0.523. The van der Waals surface area contributed by atoms with Crippen LogP contribution in [0, 0.1) is 20.8 Å². The highest BCUT2D eigenvalue weighted by Crippen LogP contribution is 2.15. The van der Waals surface area contributed by atoms with Gasteiger partial charge in [0.1, 0.15) is 5.01 Å². The molecule has 144 valence electrons. The molecule has 0 spiro atoms. The Morgan fingerprint density at radius 2 is 1.78 bits per heavy atom. The fraction of sp³-hybridized carbons (Fsp3) is 0.389. The Labute approximate surface area is 161 Å². The summed E-state index contributed by atoms with van der Waals surface area (Å²) >= 11 is 1.28. The van der Waals surface area contributed by atoms with Gasteiger partial charge in [0.15, 0.2) is 6.61 Å². The molecule has 0 saturated carbocycles. The molecule has 2 N–H and O–H groups in total. The largest absolute Gasteiger partial charge is 0.456 e. The lowest BCUT2D eigenvalue weighted by molar-refractivity contribution is -0.147.